The Morgan fingerprint density at radius 2 is 1.62 bits per heavy atom. The van der Waals surface area contributed by atoms with E-state index in [1.165, 1.54) is 11.3 Å². The van der Waals surface area contributed by atoms with Crippen molar-refractivity contribution in [3.05, 3.63) is 29.8 Å². The highest BCUT2D eigenvalue weighted by Crippen LogP contribution is 2.25. The van der Waals surface area contributed by atoms with Crippen LogP contribution in [-0.2, 0) is 10.2 Å². The molecular formula is C21H34N2O. The number of piperazine rings is 1. The summed E-state index contributed by atoms with van der Waals surface area (Å²) in [5.74, 6) is 0.575. The molecule has 0 bridgehead atoms. The molecule has 0 aromatic heterocycles. The van der Waals surface area contributed by atoms with Gasteiger partial charge in [0.05, 0.1) is 0 Å². The van der Waals surface area contributed by atoms with Crippen LogP contribution in [0.1, 0.15) is 53.0 Å². The average molecular weight is 331 g/mol. The second-order valence-electron chi connectivity index (χ2n) is 8.35. The van der Waals surface area contributed by atoms with Gasteiger partial charge in [0, 0.05) is 44.2 Å². The maximum Gasteiger partial charge on any atom is 0.135 e. The van der Waals surface area contributed by atoms with E-state index in [2.05, 4.69) is 54.8 Å². The van der Waals surface area contributed by atoms with E-state index in [1.54, 1.807) is 0 Å². The molecule has 134 valence electrons. The molecule has 2 rings (SSSR count). The Labute approximate surface area is 148 Å². The number of ketones is 1. The van der Waals surface area contributed by atoms with Gasteiger partial charge in [0.25, 0.3) is 0 Å². The van der Waals surface area contributed by atoms with Crippen molar-refractivity contribution in [2.75, 3.05) is 37.6 Å². The summed E-state index contributed by atoms with van der Waals surface area (Å²) < 4.78 is 0. The molecule has 0 spiro atoms. The third-order valence-electron chi connectivity index (χ3n) is 5.01. The minimum Gasteiger partial charge on any atom is -0.369 e. The van der Waals surface area contributed by atoms with Gasteiger partial charge >= 0.3 is 0 Å². The summed E-state index contributed by atoms with van der Waals surface area (Å²) in [7, 11) is 0. The van der Waals surface area contributed by atoms with E-state index in [1.807, 2.05) is 13.8 Å². The Hall–Kier alpha value is -1.35. The van der Waals surface area contributed by atoms with Crippen LogP contribution in [0.3, 0.4) is 0 Å². The molecule has 3 heteroatoms. The second kappa shape index (κ2) is 8.15. The molecule has 0 unspecified atom stereocenters. The monoisotopic (exact) mass is 330 g/mol. The molecule has 0 atom stereocenters. The smallest absolute Gasteiger partial charge is 0.135 e. The van der Waals surface area contributed by atoms with E-state index >= 15 is 0 Å². The Morgan fingerprint density at radius 1 is 1.04 bits per heavy atom. The third-order valence-corrected chi connectivity index (χ3v) is 5.01. The highest BCUT2D eigenvalue weighted by atomic mass is 16.1. The maximum atomic E-state index is 11.7. The number of rotatable bonds is 6. The molecule has 1 saturated heterocycles. The quantitative estimate of drug-likeness (QED) is 0.784. The minimum atomic E-state index is 0.179. The zero-order chi connectivity index (χ0) is 17.7. The van der Waals surface area contributed by atoms with Gasteiger partial charge < -0.3 is 4.90 Å². The van der Waals surface area contributed by atoms with Gasteiger partial charge in [-0.2, -0.15) is 0 Å². The number of carbonyl (C=O) groups is 1. The van der Waals surface area contributed by atoms with Crippen LogP contribution >= 0.6 is 0 Å². The number of Topliss-reactive ketones (excluding diaryl/α,β-unsaturated/α-hetero) is 1. The summed E-state index contributed by atoms with van der Waals surface area (Å²) in [6.45, 7) is 16.1. The zero-order valence-electron chi connectivity index (χ0n) is 16.1. The number of hydrogen-bond acceptors (Lipinski definition) is 3. The number of anilines is 1. The molecule has 1 fully saturated rings. The maximum absolute atomic E-state index is 11.7. The predicted molar refractivity (Wildman–Crippen MR) is 103 cm³/mol. The SMILES string of the molecule is CC(C)C(=O)CCCN1CCN(c2ccc(C(C)(C)C)cc2)CC1. The van der Waals surface area contributed by atoms with E-state index < -0.39 is 0 Å². The van der Waals surface area contributed by atoms with Crippen molar-refractivity contribution in [2.24, 2.45) is 5.92 Å². The fourth-order valence-corrected chi connectivity index (χ4v) is 3.17. The largest absolute Gasteiger partial charge is 0.369 e. The van der Waals surface area contributed by atoms with Gasteiger partial charge in [-0.15, -0.1) is 0 Å². The van der Waals surface area contributed by atoms with Crippen molar-refractivity contribution < 1.29 is 4.79 Å². The zero-order valence-corrected chi connectivity index (χ0v) is 16.1. The van der Waals surface area contributed by atoms with E-state index in [0.717, 1.165) is 45.6 Å². The Kier molecular flexibility index (Phi) is 6.45. The fourth-order valence-electron chi connectivity index (χ4n) is 3.17. The number of nitrogens with zero attached hydrogens (tertiary/aromatic N) is 2. The molecule has 3 nitrogen and oxygen atoms in total. The standard InChI is InChI=1S/C21H34N2O/c1-17(2)20(24)7-6-12-22-13-15-23(16-14-22)19-10-8-18(9-11-19)21(3,4)5/h8-11,17H,6-7,12-16H2,1-5H3. The molecule has 0 N–H and O–H groups in total. The number of benzene rings is 1. The normalized spacial score (nSPS) is 16.7. The first-order valence-electron chi connectivity index (χ1n) is 9.38. The summed E-state index contributed by atoms with van der Waals surface area (Å²) >= 11 is 0. The van der Waals surface area contributed by atoms with Crippen molar-refractivity contribution >= 4 is 11.5 Å². The minimum absolute atomic E-state index is 0.179. The lowest BCUT2D eigenvalue weighted by Gasteiger charge is -2.36. The van der Waals surface area contributed by atoms with Crippen LogP contribution in [0, 0.1) is 5.92 Å². The van der Waals surface area contributed by atoms with Crippen LogP contribution < -0.4 is 4.90 Å². The van der Waals surface area contributed by atoms with E-state index in [0.29, 0.717) is 5.78 Å². The van der Waals surface area contributed by atoms with Crippen LogP contribution in [0.15, 0.2) is 24.3 Å². The van der Waals surface area contributed by atoms with Gasteiger partial charge in [0.1, 0.15) is 5.78 Å². The second-order valence-corrected chi connectivity index (χ2v) is 8.35. The van der Waals surface area contributed by atoms with Crippen LogP contribution in [0.25, 0.3) is 0 Å². The average Bonchev–Trinajstić information content (AvgIpc) is 2.54. The Morgan fingerprint density at radius 3 is 2.12 bits per heavy atom. The van der Waals surface area contributed by atoms with Crippen LogP contribution in [0.5, 0.6) is 0 Å². The predicted octanol–water partition coefficient (Wildman–Crippen LogP) is 4.11. The third kappa shape index (κ3) is 5.34. The molecule has 1 aromatic carbocycles. The molecular weight excluding hydrogens is 296 g/mol. The summed E-state index contributed by atoms with van der Waals surface area (Å²) in [6, 6.07) is 9.05. The van der Waals surface area contributed by atoms with Crippen LogP contribution in [-0.4, -0.2) is 43.4 Å². The van der Waals surface area contributed by atoms with Gasteiger partial charge in [0.2, 0.25) is 0 Å². The highest BCUT2D eigenvalue weighted by molar-refractivity contribution is 5.80. The summed E-state index contributed by atoms with van der Waals surface area (Å²) in [5, 5.41) is 0. The van der Waals surface area contributed by atoms with E-state index in [-0.39, 0.29) is 11.3 Å². The van der Waals surface area contributed by atoms with Crippen molar-refractivity contribution in [1.82, 2.24) is 4.90 Å². The molecule has 0 aliphatic carbocycles. The van der Waals surface area contributed by atoms with Gasteiger partial charge in [-0.25, -0.2) is 0 Å². The molecule has 1 aliphatic rings. The first-order chi connectivity index (χ1) is 11.3. The molecule has 1 heterocycles. The number of carbonyl (C=O) groups excluding carboxylic acids is 1. The van der Waals surface area contributed by atoms with Gasteiger partial charge in [-0.1, -0.05) is 46.8 Å². The van der Waals surface area contributed by atoms with E-state index in [9.17, 15) is 4.79 Å². The molecule has 0 amide bonds. The van der Waals surface area contributed by atoms with Crippen molar-refractivity contribution in [3.8, 4) is 0 Å². The summed E-state index contributed by atoms with van der Waals surface area (Å²) in [4.78, 5) is 16.7. The molecule has 24 heavy (non-hydrogen) atoms. The highest BCUT2D eigenvalue weighted by Gasteiger charge is 2.18. The van der Waals surface area contributed by atoms with Crippen molar-refractivity contribution in [2.45, 2.75) is 52.9 Å². The topological polar surface area (TPSA) is 23.6 Å². The first kappa shape index (κ1) is 19.0. The van der Waals surface area contributed by atoms with E-state index in [4.69, 9.17) is 0 Å². The van der Waals surface area contributed by atoms with Gasteiger partial charge in [0.15, 0.2) is 0 Å². The Bertz CT molecular complexity index is 520. The Balaban J connectivity index is 1.77. The molecule has 0 radical (unpaired) electrons. The fraction of sp³-hybridized carbons (Fsp3) is 0.667. The van der Waals surface area contributed by atoms with Gasteiger partial charge in [-0.3, -0.25) is 9.69 Å². The van der Waals surface area contributed by atoms with Gasteiger partial charge in [-0.05, 0) is 36.1 Å². The van der Waals surface area contributed by atoms with Crippen molar-refractivity contribution in [3.63, 3.8) is 0 Å². The molecule has 1 aliphatic heterocycles. The van der Waals surface area contributed by atoms with Crippen LogP contribution in [0.4, 0.5) is 5.69 Å². The number of hydrogen-bond donors (Lipinski definition) is 0. The summed E-state index contributed by atoms with van der Waals surface area (Å²) in [5.41, 5.74) is 2.93. The lowest BCUT2D eigenvalue weighted by Crippen LogP contribution is -2.46. The molecule has 0 saturated carbocycles. The van der Waals surface area contributed by atoms with Crippen molar-refractivity contribution in [1.29, 1.82) is 0 Å². The van der Waals surface area contributed by atoms with Crippen LogP contribution in [0.2, 0.25) is 0 Å². The lowest BCUT2D eigenvalue weighted by molar-refractivity contribution is -0.122. The summed E-state index contributed by atoms with van der Waals surface area (Å²) in [6.07, 6.45) is 1.73. The lowest BCUT2D eigenvalue weighted by atomic mass is 9.87. The first-order valence-corrected chi connectivity index (χ1v) is 9.38. The molecule has 1 aromatic rings.